The van der Waals surface area contributed by atoms with E-state index < -0.39 is 0 Å². The van der Waals surface area contributed by atoms with E-state index in [4.69, 9.17) is 4.98 Å². The molecule has 0 atom stereocenters. The van der Waals surface area contributed by atoms with Crippen molar-refractivity contribution in [2.24, 2.45) is 0 Å². The van der Waals surface area contributed by atoms with E-state index in [1.54, 1.807) is 11.3 Å². The van der Waals surface area contributed by atoms with Gasteiger partial charge in [-0.05, 0) is 30.2 Å². The molecule has 0 aliphatic rings. The minimum Gasteiger partial charge on any atom is -0.264 e. The summed E-state index contributed by atoms with van der Waals surface area (Å²) in [5.41, 5.74) is 4.65. The van der Waals surface area contributed by atoms with Gasteiger partial charge in [0, 0.05) is 33.4 Å². The molecule has 0 spiro atoms. The molecule has 0 radical (unpaired) electrons. The lowest BCUT2D eigenvalue weighted by Gasteiger charge is -2.04. The van der Waals surface area contributed by atoms with Crippen molar-refractivity contribution in [2.75, 3.05) is 0 Å². The summed E-state index contributed by atoms with van der Waals surface area (Å²) in [5, 5.41) is 3.16. The normalized spacial score (nSPS) is 10.8. The standard InChI is InChI=1S/C17H15BrN2S/c1-2-3-12-8-9-19-10-15(12)17-20-16(11-21-17)13-4-6-14(18)7-5-13/h4-11H,2-3H2,1H3. The van der Waals surface area contributed by atoms with E-state index in [1.165, 1.54) is 5.56 Å². The first-order valence-electron chi connectivity index (χ1n) is 6.92. The van der Waals surface area contributed by atoms with Crippen molar-refractivity contribution in [1.29, 1.82) is 0 Å². The van der Waals surface area contributed by atoms with Crippen LogP contribution in [0.4, 0.5) is 0 Å². The summed E-state index contributed by atoms with van der Waals surface area (Å²) >= 11 is 5.14. The highest BCUT2D eigenvalue weighted by Gasteiger charge is 2.10. The van der Waals surface area contributed by atoms with E-state index in [9.17, 15) is 0 Å². The Morgan fingerprint density at radius 3 is 2.71 bits per heavy atom. The van der Waals surface area contributed by atoms with Gasteiger partial charge in [-0.2, -0.15) is 0 Å². The number of nitrogens with zero attached hydrogens (tertiary/aromatic N) is 2. The lowest BCUT2D eigenvalue weighted by atomic mass is 10.1. The van der Waals surface area contributed by atoms with E-state index in [0.29, 0.717) is 0 Å². The molecule has 0 fully saturated rings. The van der Waals surface area contributed by atoms with Crippen LogP contribution in [0, 0.1) is 0 Å². The van der Waals surface area contributed by atoms with Gasteiger partial charge >= 0.3 is 0 Å². The molecule has 0 unspecified atom stereocenters. The molecule has 2 heterocycles. The number of aryl methyl sites for hydroxylation is 1. The third kappa shape index (κ3) is 3.22. The lowest BCUT2D eigenvalue weighted by molar-refractivity contribution is 0.920. The van der Waals surface area contributed by atoms with E-state index in [2.05, 4.69) is 51.4 Å². The predicted molar refractivity (Wildman–Crippen MR) is 92.5 cm³/mol. The van der Waals surface area contributed by atoms with Crippen LogP contribution in [0.5, 0.6) is 0 Å². The first kappa shape index (κ1) is 14.4. The first-order chi connectivity index (χ1) is 10.3. The maximum Gasteiger partial charge on any atom is 0.125 e. The fraction of sp³-hybridized carbons (Fsp3) is 0.176. The highest BCUT2D eigenvalue weighted by molar-refractivity contribution is 9.10. The molecular weight excluding hydrogens is 344 g/mol. The van der Waals surface area contributed by atoms with E-state index in [0.717, 1.165) is 39.1 Å². The Hall–Kier alpha value is -1.52. The molecule has 21 heavy (non-hydrogen) atoms. The third-order valence-electron chi connectivity index (χ3n) is 3.31. The van der Waals surface area contributed by atoms with Gasteiger partial charge in [0.2, 0.25) is 0 Å². The molecule has 0 aliphatic carbocycles. The Kier molecular flexibility index (Phi) is 4.46. The first-order valence-corrected chi connectivity index (χ1v) is 8.60. The van der Waals surface area contributed by atoms with Crippen molar-refractivity contribution in [3.8, 4) is 21.8 Å². The molecule has 1 aromatic carbocycles. The zero-order chi connectivity index (χ0) is 14.7. The van der Waals surface area contributed by atoms with Crippen LogP contribution in [0.1, 0.15) is 18.9 Å². The second-order valence-corrected chi connectivity index (χ2v) is 6.60. The number of benzene rings is 1. The minimum absolute atomic E-state index is 1.02. The number of rotatable bonds is 4. The van der Waals surface area contributed by atoms with Gasteiger partial charge in [0.1, 0.15) is 5.01 Å². The number of thiazole rings is 1. The summed E-state index contributed by atoms with van der Waals surface area (Å²) in [6.45, 7) is 2.19. The maximum absolute atomic E-state index is 4.79. The fourth-order valence-electron chi connectivity index (χ4n) is 2.25. The van der Waals surface area contributed by atoms with Crippen LogP contribution in [0.25, 0.3) is 21.8 Å². The van der Waals surface area contributed by atoms with Crippen LogP contribution in [0.2, 0.25) is 0 Å². The molecule has 106 valence electrons. The van der Waals surface area contributed by atoms with E-state index >= 15 is 0 Å². The SMILES string of the molecule is CCCc1ccncc1-c1nc(-c2ccc(Br)cc2)cs1. The Balaban J connectivity index is 1.97. The van der Waals surface area contributed by atoms with E-state index in [1.807, 2.05) is 24.5 Å². The number of halogens is 1. The molecule has 0 N–H and O–H groups in total. The van der Waals surface area contributed by atoms with Crippen molar-refractivity contribution < 1.29 is 0 Å². The van der Waals surface area contributed by atoms with Crippen molar-refractivity contribution in [3.05, 3.63) is 58.1 Å². The summed E-state index contributed by atoms with van der Waals surface area (Å²) in [6, 6.07) is 10.3. The molecule has 0 aliphatic heterocycles. The van der Waals surface area contributed by atoms with Crippen LogP contribution in [0.15, 0.2) is 52.6 Å². The molecule has 3 rings (SSSR count). The number of hydrogen-bond acceptors (Lipinski definition) is 3. The second kappa shape index (κ2) is 6.50. The highest BCUT2D eigenvalue weighted by atomic mass is 79.9. The Bertz CT molecular complexity index is 735. The van der Waals surface area contributed by atoms with Crippen LogP contribution in [-0.2, 0) is 6.42 Å². The van der Waals surface area contributed by atoms with Crippen LogP contribution in [-0.4, -0.2) is 9.97 Å². The van der Waals surface area contributed by atoms with Gasteiger partial charge in [0.15, 0.2) is 0 Å². The second-order valence-electron chi connectivity index (χ2n) is 4.83. The molecule has 0 amide bonds. The zero-order valence-electron chi connectivity index (χ0n) is 11.7. The Morgan fingerprint density at radius 2 is 1.95 bits per heavy atom. The third-order valence-corrected chi connectivity index (χ3v) is 4.71. The number of pyridine rings is 1. The largest absolute Gasteiger partial charge is 0.264 e. The van der Waals surface area contributed by atoms with Crippen LogP contribution >= 0.6 is 27.3 Å². The van der Waals surface area contributed by atoms with Crippen molar-refractivity contribution in [1.82, 2.24) is 9.97 Å². The Labute approximate surface area is 137 Å². The Morgan fingerprint density at radius 1 is 1.14 bits per heavy atom. The highest BCUT2D eigenvalue weighted by Crippen LogP contribution is 2.31. The van der Waals surface area contributed by atoms with Gasteiger partial charge in [0.05, 0.1) is 5.69 Å². The van der Waals surface area contributed by atoms with Gasteiger partial charge in [-0.25, -0.2) is 4.98 Å². The van der Waals surface area contributed by atoms with Gasteiger partial charge < -0.3 is 0 Å². The van der Waals surface area contributed by atoms with Crippen LogP contribution < -0.4 is 0 Å². The average Bonchev–Trinajstić information content (AvgIpc) is 2.99. The van der Waals surface area contributed by atoms with Gasteiger partial charge in [0.25, 0.3) is 0 Å². The molecule has 2 nitrogen and oxygen atoms in total. The fourth-order valence-corrected chi connectivity index (χ4v) is 3.39. The van der Waals surface area contributed by atoms with Crippen molar-refractivity contribution in [2.45, 2.75) is 19.8 Å². The molecule has 0 bridgehead atoms. The molecule has 0 saturated carbocycles. The van der Waals surface area contributed by atoms with Gasteiger partial charge in [-0.1, -0.05) is 41.4 Å². The van der Waals surface area contributed by atoms with Gasteiger partial charge in [-0.3, -0.25) is 4.98 Å². The number of aromatic nitrogens is 2. The molecule has 2 aromatic heterocycles. The summed E-state index contributed by atoms with van der Waals surface area (Å²) < 4.78 is 1.08. The molecular formula is C17H15BrN2S. The molecule has 0 saturated heterocycles. The quantitative estimate of drug-likeness (QED) is 0.607. The average molecular weight is 359 g/mol. The zero-order valence-corrected chi connectivity index (χ0v) is 14.1. The van der Waals surface area contributed by atoms with E-state index in [-0.39, 0.29) is 0 Å². The summed E-state index contributed by atoms with van der Waals surface area (Å²) in [7, 11) is 0. The number of hydrogen-bond donors (Lipinski definition) is 0. The van der Waals surface area contributed by atoms with Crippen molar-refractivity contribution in [3.63, 3.8) is 0 Å². The summed E-state index contributed by atoms with van der Waals surface area (Å²) in [5.74, 6) is 0. The topological polar surface area (TPSA) is 25.8 Å². The molecule has 3 aromatic rings. The summed E-state index contributed by atoms with van der Waals surface area (Å²) in [6.07, 6.45) is 5.97. The maximum atomic E-state index is 4.79. The molecule has 4 heteroatoms. The lowest BCUT2D eigenvalue weighted by Crippen LogP contribution is -1.90. The predicted octanol–water partition coefficient (Wildman–Crippen LogP) is 5.59. The minimum atomic E-state index is 1.02. The van der Waals surface area contributed by atoms with Crippen molar-refractivity contribution >= 4 is 27.3 Å². The summed E-state index contributed by atoms with van der Waals surface area (Å²) in [4.78, 5) is 9.04. The monoisotopic (exact) mass is 358 g/mol. The smallest absolute Gasteiger partial charge is 0.125 e. The van der Waals surface area contributed by atoms with Gasteiger partial charge in [-0.15, -0.1) is 11.3 Å². The van der Waals surface area contributed by atoms with Crippen LogP contribution in [0.3, 0.4) is 0 Å².